The highest BCUT2D eigenvalue weighted by Gasteiger charge is 2.18. The molecular weight excluding hydrogens is 281 g/mol. The lowest BCUT2D eigenvalue weighted by Crippen LogP contribution is -2.26. The second-order valence-corrected chi connectivity index (χ2v) is 5.33. The normalized spacial score (nSPS) is 14.6. The van der Waals surface area contributed by atoms with Gasteiger partial charge in [-0.3, -0.25) is 0 Å². The minimum absolute atomic E-state index is 0.202. The van der Waals surface area contributed by atoms with Crippen molar-refractivity contribution in [2.24, 2.45) is 5.92 Å². The average Bonchev–Trinajstić information content (AvgIpc) is 2.30. The van der Waals surface area contributed by atoms with E-state index in [1.165, 1.54) is 18.9 Å². The fraction of sp³-hybridized carbons (Fsp3) is 0.571. The van der Waals surface area contributed by atoms with Crippen LogP contribution in [-0.4, -0.2) is 6.54 Å². The van der Waals surface area contributed by atoms with E-state index in [2.05, 4.69) is 42.0 Å². The van der Waals surface area contributed by atoms with Gasteiger partial charge >= 0.3 is 0 Å². The molecule has 1 aromatic carbocycles. The zero-order valence-electron chi connectivity index (χ0n) is 10.8. The van der Waals surface area contributed by atoms with Crippen LogP contribution in [-0.2, 0) is 0 Å². The Morgan fingerprint density at radius 3 is 2.59 bits per heavy atom. The van der Waals surface area contributed by atoms with E-state index < -0.39 is 0 Å². The second kappa shape index (κ2) is 7.12. The minimum Gasteiger partial charge on any atom is -0.310 e. The third-order valence-corrected chi connectivity index (χ3v) is 3.65. The molecule has 96 valence electrons. The van der Waals surface area contributed by atoms with Gasteiger partial charge in [-0.2, -0.15) is 0 Å². The standard InChI is InChI=1S/C14H21BrFN/c1-4-6-10(3)14(17-5-2)11-7-8-13(16)12(15)9-11/h7-10,14,17H,4-6H2,1-3H3. The first kappa shape index (κ1) is 14.7. The molecule has 0 aliphatic carbocycles. The number of hydrogen-bond acceptors (Lipinski definition) is 1. The molecule has 0 radical (unpaired) electrons. The summed E-state index contributed by atoms with van der Waals surface area (Å²) in [5, 5.41) is 3.49. The monoisotopic (exact) mass is 301 g/mol. The predicted molar refractivity (Wildman–Crippen MR) is 74.6 cm³/mol. The zero-order chi connectivity index (χ0) is 12.8. The van der Waals surface area contributed by atoms with Crippen LogP contribution in [0.25, 0.3) is 0 Å². The van der Waals surface area contributed by atoms with Crippen molar-refractivity contribution in [2.45, 2.75) is 39.7 Å². The highest BCUT2D eigenvalue weighted by Crippen LogP contribution is 2.28. The van der Waals surface area contributed by atoms with Gasteiger partial charge in [0.15, 0.2) is 0 Å². The van der Waals surface area contributed by atoms with Gasteiger partial charge in [-0.1, -0.05) is 33.3 Å². The molecule has 2 atom stereocenters. The summed E-state index contributed by atoms with van der Waals surface area (Å²) < 4.78 is 13.8. The molecule has 2 unspecified atom stereocenters. The maximum Gasteiger partial charge on any atom is 0.137 e. The number of rotatable bonds is 6. The van der Waals surface area contributed by atoms with Gasteiger partial charge in [0, 0.05) is 6.04 Å². The molecule has 0 spiro atoms. The van der Waals surface area contributed by atoms with Gasteiger partial charge in [0.25, 0.3) is 0 Å². The van der Waals surface area contributed by atoms with Crippen molar-refractivity contribution in [1.82, 2.24) is 5.32 Å². The Hall–Kier alpha value is -0.410. The van der Waals surface area contributed by atoms with Crippen molar-refractivity contribution in [3.8, 4) is 0 Å². The van der Waals surface area contributed by atoms with E-state index in [-0.39, 0.29) is 5.82 Å². The molecule has 0 saturated heterocycles. The van der Waals surface area contributed by atoms with Crippen molar-refractivity contribution in [3.63, 3.8) is 0 Å². The van der Waals surface area contributed by atoms with Gasteiger partial charge in [-0.15, -0.1) is 0 Å². The summed E-state index contributed by atoms with van der Waals surface area (Å²) in [6.07, 6.45) is 2.35. The van der Waals surface area contributed by atoms with Crippen LogP contribution in [0.4, 0.5) is 4.39 Å². The molecule has 0 heterocycles. The molecule has 3 heteroatoms. The summed E-state index contributed by atoms with van der Waals surface area (Å²) in [6.45, 7) is 7.46. The summed E-state index contributed by atoms with van der Waals surface area (Å²) >= 11 is 3.25. The highest BCUT2D eigenvalue weighted by atomic mass is 79.9. The van der Waals surface area contributed by atoms with E-state index in [4.69, 9.17) is 0 Å². The van der Waals surface area contributed by atoms with Crippen molar-refractivity contribution in [1.29, 1.82) is 0 Å². The number of benzene rings is 1. The van der Waals surface area contributed by atoms with E-state index in [0.717, 1.165) is 12.1 Å². The smallest absolute Gasteiger partial charge is 0.137 e. The van der Waals surface area contributed by atoms with Crippen LogP contribution in [0.2, 0.25) is 0 Å². The molecule has 0 aromatic heterocycles. The molecule has 0 saturated carbocycles. The molecule has 1 aromatic rings. The molecule has 1 nitrogen and oxygen atoms in total. The molecule has 0 amide bonds. The molecule has 0 bridgehead atoms. The lowest BCUT2D eigenvalue weighted by Gasteiger charge is -2.25. The van der Waals surface area contributed by atoms with Crippen LogP contribution in [0.1, 0.15) is 45.2 Å². The average molecular weight is 302 g/mol. The Balaban J connectivity index is 2.92. The molecule has 0 fully saturated rings. The van der Waals surface area contributed by atoms with E-state index in [1.807, 2.05) is 12.1 Å². The number of halogens is 2. The van der Waals surface area contributed by atoms with E-state index in [1.54, 1.807) is 0 Å². The van der Waals surface area contributed by atoms with Gasteiger partial charge < -0.3 is 5.32 Å². The first-order chi connectivity index (χ1) is 8.10. The quantitative estimate of drug-likeness (QED) is 0.805. The fourth-order valence-corrected chi connectivity index (χ4v) is 2.59. The summed E-state index contributed by atoms with van der Waals surface area (Å²) in [5.74, 6) is 0.351. The van der Waals surface area contributed by atoms with Gasteiger partial charge in [0.05, 0.1) is 4.47 Å². The topological polar surface area (TPSA) is 12.0 Å². The van der Waals surface area contributed by atoms with Crippen LogP contribution in [0, 0.1) is 11.7 Å². The van der Waals surface area contributed by atoms with Crippen LogP contribution >= 0.6 is 15.9 Å². The maximum absolute atomic E-state index is 13.2. The molecule has 0 aliphatic heterocycles. The summed E-state index contributed by atoms with van der Waals surface area (Å²) in [5.41, 5.74) is 1.15. The summed E-state index contributed by atoms with van der Waals surface area (Å²) in [4.78, 5) is 0. The van der Waals surface area contributed by atoms with Crippen LogP contribution in [0.3, 0.4) is 0 Å². The van der Waals surface area contributed by atoms with Crippen LogP contribution < -0.4 is 5.32 Å². The Morgan fingerprint density at radius 1 is 1.35 bits per heavy atom. The van der Waals surface area contributed by atoms with E-state index in [0.29, 0.717) is 16.4 Å². The van der Waals surface area contributed by atoms with Gasteiger partial charge in [0.2, 0.25) is 0 Å². The highest BCUT2D eigenvalue weighted by molar-refractivity contribution is 9.10. The van der Waals surface area contributed by atoms with Crippen molar-refractivity contribution < 1.29 is 4.39 Å². The van der Waals surface area contributed by atoms with E-state index >= 15 is 0 Å². The second-order valence-electron chi connectivity index (χ2n) is 4.47. The number of nitrogens with one attached hydrogen (secondary N) is 1. The van der Waals surface area contributed by atoms with Crippen LogP contribution in [0.15, 0.2) is 22.7 Å². The molecular formula is C14H21BrFN. The zero-order valence-corrected chi connectivity index (χ0v) is 12.3. The third kappa shape index (κ3) is 4.07. The Labute approximate surface area is 112 Å². The molecule has 0 aliphatic rings. The van der Waals surface area contributed by atoms with Gasteiger partial charge in [0.1, 0.15) is 5.82 Å². The Kier molecular flexibility index (Phi) is 6.14. The fourth-order valence-electron chi connectivity index (χ4n) is 2.20. The lowest BCUT2D eigenvalue weighted by molar-refractivity contribution is 0.369. The van der Waals surface area contributed by atoms with Crippen LogP contribution in [0.5, 0.6) is 0 Å². The predicted octanol–water partition coefficient (Wildman–Crippen LogP) is 4.68. The first-order valence-electron chi connectivity index (χ1n) is 6.28. The lowest BCUT2D eigenvalue weighted by atomic mass is 9.91. The Morgan fingerprint density at radius 2 is 2.06 bits per heavy atom. The van der Waals surface area contributed by atoms with Crippen molar-refractivity contribution in [2.75, 3.05) is 6.54 Å². The Bertz CT molecular complexity index is 354. The van der Waals surface area contributed by atoms with Crippen molar-refractivity contribution in [3.05, 3.63) is 34.1 Å². The number of hydrogen-bond donors (Lipinski definition) is 1. The van der Waals surface area contributed by atoms with Crippen molar-refractivity contribution >= 4 is 15.9 Å². The maximum atomic E-state index is 13.2. The largest absolute Gasteiger partial charge is 0.310 e. The van der Waals surface area contributed by atoms with Gasteiger partial charge in [-0.25, -0.2) is 4.39 Å². The third-order valence-electron chi connectivity index (χ3n) is 3.04. The summed E-state index contributed by atoms with van der Waals surface area (Å²) in [7, 11) is 0. The molecule has 17 heavy (non-hydrogen) atoms. The molecule has 1 N–H and O–H groups in total. The van der Waals surface area contributed by atoms with E-state index in [9.17, 15) is 4.39 Å². The van der Waals surface area contributed by atoms with Gasteiger partial charge in [-0.05, 0) is 52.5 Å². The SMILES string of the molecule is CCCC(C)C(NCC)c1ccc(F)c(Br)c1. The first-order valence-corrected chi connectivity index (χ1v) is 7.07. The minimum atomic E-state index is -0.202. The summed E-state index contributed by atoms with van der Waals surface area (Å²) in [6, 6.07) is 5.59. The molecule has 1 rings (SSSR count).